The number of nitrogens with two attached hydrogens (primary N) is 2. The number of hydrogen-bond acceptors (Lipinski definition) is 12. The number of primary amides is 2. The highest BCUT2D eigenvalue weighted by Gasteiger charge is 2.50. The summed E-state index contributed by atoms with van der Waals surface area (Å²) in [7, 11) is 0. The second kappa shape index (κ2) is 23.4. The van der Waals surface area contributed by atoms with Crippen molar-refractivity contribution in [2.24, 2.45) is 17.4 Å². The van der Waals surface area contributed by atoms with Gasteiger partial charge in [0, 0.05) is 23.8 Å². The summed E-state index contributed by atoms with van der Waals surface area (Å²) in [5.41, 5.74) is 11.4. The van der Waals surface area contributed by atoms with Crippen molar-refractivity contribution in [1.82, 2.24) is 31.5 Å². The lowest BCUT2D eigenvalue weighted by atomic mass is 9.96. The van der Waals surface area contributed by atoms with E-state index in [-0.39, 0.29) is 30.9 Å². The van der Waals surface area contributed by atoms with Crippen molar-refractivity contribution >= 4 is 82.5 Å². The number of hydrogen-bond donors (Lipinski definition) is 8. The van der Waals surface area contributed by atoms with Gasteiger partial charge in [-0.2, -0.15) is 23.5 Å². The maximum absolute atomic E-state index is 14.3. The van der Waals surface area contributed by atoms with E-state index in [0.29, 0.717) is 17.7 Å². The van der Waals surface area contributed by atoms with Crippen LogP contribution in [0, 0.1) is 5.92 Å². The summed E-state index contributed by atoms with van der Waals surface area (Å²) in [5.74, 6) is -5.30. The van der Waals surface area contributed by atoms with Crippen LogP contribution in [0.15, 0.2) is 30.3 Å². The fraction of sp³-hybridized carbons (Fsp3) is 0.622. The van der Waals surface area contributed by atoms with Gasteiger partial charge < -0.3 is 48.1 Å². The second-order valence-electron chi connectivity index (χ2n) is 14.6. The largest absolute Gasteiger partial charge is 0.381 e. The minimum absolute atomic E-state index is 0.00528. The van der Waals surface area contributed by atoms with Gasteiger partial charge in [-0.05, 0) is 62.9 Å². The van der Waals surface area contributed by atoms with Gasteiger partial charge in [0.25, 0.3) is 5.91 Å². The molecular formula is C37H58N8O9S3. The lowest BCUT2D eigenvalue weighted by Gasteiger charge is -2.34. The number of carbonyl (C=O) groups is 8. The van der Waals surface area contributed by atoms with Gasteiger partial charge in [0.1, 0.15) is 30.2 Å². The third-order valence-corrected chi connectivity index (χ3v) is 11.9. The van der Waals surface area contributed by atoms with Crippen LogP contribution >= 0.6 is 35.3 Å². The first-order valence-corrected chi connectivity index (χ1v) is 22.2. The molecule has 1 aromatic carbocycles. The molecule has 7 atom stereocenters. The topological polar surface area (TPSA) is 272 Å². The quantitative estimate of drug-likeness (QED) is 0.0675. The van der Waals surface area contributed by atoms with Gasteiger partial charge in [-0.3, -0.25) is 38.4 Å². The minimum Gasteiger partial charge on any atom is -0.381 e. The van der Waals surface area contributed by atoms with Crippen molar-refractivity contribution in [1.29, 1.82) is 0 Å². The molecule has 1 aromatic rings. The van der Waals surface area contributed by atoms with E-state index >= 15 is 0 Å². The van der Waals surface area contributed by atoms with E-state index in [0.717, 1.165) is 0 Å². The van der Waals surface area contributed by atoms with Gasteiger partial charge in [-0.15, -0.1) is 11.8 Å². The SMILES string of the molecule is CSCC[C@H](NC(=O)[C@@H](CSC)NC(=O)[C@H]1N(C(=O)[C@@H](O)[C@H](Cc2ccccc2)NC(=O)[C@@H](NC(=O)[C@H](CCC(N)=O)NC(C)=O)C(C)C)CSC1(C)C)C(N)=O. The molecule has 2 rings (SSSR count). The molecule has 0 bridgehead atoms. The van der Waals surface area contributed by atoms with Gasteiger partial charge in [-0.25, -0.2) is 0 Å². The Morgan fingerprint density at radius 2 is 1.49 bits per heavy atom. The Morgan fingerprint density at radius 1 is 0.860 bits per heavy atom. The van der Waals surface area contributed by atoms with Crippen molar-refractivity contribution in [3.8, 4) is 0 Å². The van der Waals surface area contributed by atoms with Crippen molar-refractivity contribution in [2.45, 2.75) is 107 Å². The molecule has 318 valence electrons. The van der Waals surface area contributed by atoms with E-state index in [9.17, 15) is 43.5 Å². The maximum Gasteiger partial charge on any atom is 0.254 e. The molecule has 0 aliphatic carbocycles. The molecule has 0 unspecified atom stereocenters. The number of nitrogens with one attached hydrogen (secondary N) is 5. The van der Waals surface area contributed by atoms with E-state index in [1.54, 1.807) is 64.3 Å². The molecule has 1 aliphatic rings. The number of aliphatic hydroxyl groups excluding tert-OH is 1. The molecule has 20 heteroatoms. The van der Waals surface area contributed by atoms with Crippen LogP contribution in [0.1, 0.15) is 59.4 Å². The predicted octanol–water partition coefficient (Wildman–Crippen LogP) is -0.763. The van der Waals surface area contributed by atoms with Crippen LogP contribution in [-0.4, -0.2) is 134 Å². The average Bonchev–Trinajstić information content (AvgIpc) is 3.46. The van der Waals surface area contributed by atoms with Gasteiger partial charge in [-0.1, -0.05) is 44.2 Å². The van der Waals surface area contributed by atoms with Gasteiger partial charge >= 0.3 is 0 Å². The zero-order valence-corrected chi connectivity index (χ0v) is 35.9. The van der Waals surface area contributed by atoms with Crippen LogP contribution in [0.4, 0.5) is 0 Å². The molecule has 1 heterocycles. The Kier molecular flexibility index (Phi) is 20.2. The summed E-state index contributed by atoms with van der Waals surface area (Å²) >= 11 is 4.06. The third kappa shape index (κ3) is 15.4. The van der Waals surface area contributed by atoms with Crippen molar-refractivity contribution in [3.05, 3.63) is 35.9 Å². The number of nitrogens with zero attached hydrogens (tertiary/aromatic N) is 1. The number of amides is 8. The molecule has 10 N–H and O–H groups in total. The molecule has 0 spiro atoms. The van der Waals surface area contributed by atoms with Crippen LogP contribution in [0.3, 0.4) is 0 Å². The monoisotopic (exact) mass is 854 g/mol. The van der Waals surface area contributed by atoms with Crippen LogP contribution < -0.4 is 38.1 Å². The Morgan fingerprint density at radius 3 is 2.04 bits per heavy atom. The number of benzene rings is 1. The molecule has 1 saturated heterocycles. The fourth-order valence-corrected chi connectivity index (χ4v) is 8.30. The number of thioether (sulfide) groups is 3. The Labute approximate surface area is 346 Å². The van der Waals surface area contributed by atoms with Gasteiger partial charge in [0.05, 0.1) is 11.9 Å². The molecule has 1 aliphatic heterocycles. The van der Waals surface area contributed by atoms with Crippen molar-refractivity contribution in [2.75, 3.05) is 29.9 Å². The first-order valence-electron chi connectivity index (χ1n) is 18.4. The highest BCUT2D eigenvalue weighted by molar-refractivity contribution is 8.01. The number of carbonyl (C=O) groups excluding carboxylic acids is 8. The standard InChI is InChI=1S/C37H58N8O9S3/c1-20(2)28(44-32(50)24(40-21(3)46)13-14-27(38)47)34(52)42-25(17-22-11-9-8-10-12-22)29(48)36(54)45-19-57-37(4,5)30(45)35(53)43-26(18-56-7)33(51)41-23(31(39)49)15-16-55-6/h8-12,20,23-26,28-30,48H,13-19H2,1-7H3,(H2,38,47)(H2,39,49)(H,40,46)(H,41,51)(H,42,52)(H,43,53)(H,44,50)/t23-,24-,25-,26+,28-,29-,30+/m0/s1. The smallest absolute Gasteiger partial charge is 0.254 e. The minimum atomic E-state index is -1.87. The first kappa shape index (κ1) is 49.1. The second-order valence-corrected chi connectivity index (χ2v) is 18.1. The van der Waals surface area contributed by atoms with Crippen LogP contribution in [-0.2, 0) is 44.8 Å². The lowest BCUT2D eigenvalue weighted by molar-refractivity contribution is -0.148. The molecule has 0 saturated carbocycles. The Hall–Kier alpha value is -4.01. The van der Waals surface area contributed by atoms with Gasteiger partial charge in [0.2, 0.25) is 41.4 Å². The summed E-state index contributed by atoms with van der Waals surface area (Å²) in [6.07, 6.45) is 1.71. The highest BCUT2D eigenvalue weighted by atomic mass is 32.2. The van der Waals surface area contributed by atoms with Crippen LogP contribution in [0.25, 0.3) is 0 Å². The summed E-state index contributed by atoms with van der Waals surface area (Å²) < 4.78 is -0.877. The van der Waals surface area contributed by atoms with E-state index in [1.807, 2.05) is 6.26 Å². The van der Waals surface area contributed by atoms with Crippen LogP contribution in [0.5, 0.6) is 0 Å². The molecule has 0 radical (unpaired) electrons. The summed E-state index contributed by atoms with van der Waals surface area (Å²) in [4.78, 5) is 105. The van der Waals surface area contributed by atoms with Gasteiger partial charge in [0.15, 0.2) is 6.10 Å². The average molecular weight is 855 g/mol. The van der Waals surface area contributed by atoms with E-state index in [1.165, 1.54) is 47.1 Å². The normalized spacial score (nSPS) is 17.9. The highest BCUT2D eigenvalue weighted by Crippen LogP contribution is 2.40. The predicted molar refractivity (Wildman–Crippen MR) is 222 cm³/mol. The molecule has 0 aromatic heterocycles. The fourth-order valence-electron chi connectivity index (χ4n) is 6.12. The lowest BCUT2D eigenvalue weighted by Crippen LogP contribution is -2.62. The summed E-state index contributed by atoms with van der Waals surface area (Å²) in [6.45, 7) is 8.06. The third-order valence-electron chi connectivity index (χ3n) is 9.19. The van der Waals surface area contributed by atoms with Crippen LogP contribution in [0.2, 0.25) is 0 Å². The van der Waals surface area contributed by atoms with E-state index in [4.69, 9.17) is 11.5 Å². The Bertz CT molecular complexity index is 1590. The van der Waals surface area contributed by atoms with Crippen molar-refractivity contribution < 1.29 is 43.5 Å². The molecule has 57 heavy (non-hydrogen) atoms. The van der Waals surface area contributed by atoms with E-state index in [2.05, 4.69) is 26.6 Å². The summed E-state index contributed by atoms with van der Waals surface area (Å²) in [5, 5.41) is 25.0. The number of aliphatic hydroxyl groups is 1. The van der Waals surface area contributed by atoms with Crippen molar-refractivity contribution in [3.63, 3.8) is 0 Å². The molecular weight excluding hydrogens is 797 g/mol. The maximum atomic E-state index is 14.3. The summed E-state index contributed by atoms with van der Waals surface area (Å²) in [6, 6.07) is 1.99. The zero-order valence-electron chi connectivity index (χ0n) is 33.5. The Balaban J connectivity index is 2.39. The molecule has 17 nitrogen and oxygen atoms in total. The molecule has 1 fully saturated rings. The zero-order chi connectivity index (χ0) is 43.0. The van der Waals surface area contributed by atoms with E-state index < -0.39 is 100 Å². The molecule has 8 amide bonds. The number of rotatable bonds is 23. The first-order chi connectivity index (χ1) is 26.7.